The fourth-order valence-corrected chi connectivity index (χ4v) is 1.38. The number of carbonyl (C=O) groups excluding carboxylic acids is 1. The normalized spacial score (nSPS) is 12.3. The van der Waals surface area contributed by atoms with Gasteiger partial charge in [0, 0.05) is 13.5 Å². The second-order valence-electron chi connectivity index (χ2n) is 3.97. The summed E-state index contributed by atoms with van der Waals surface area (Å²) in [6, 6.07) is 7.94. The van der Waals surface area contributed by atoms with Gasteiger partial charge in [-0.1, -0.05) is 18.2 Å². The number of benzene rings is 1. The third-order valence-corrected chi connectivity index (χ3v) is 2.46. The smallest absolute Gasteiger partial charge is 0.253 e. The molecule has 1 aromatic carbocycles. The molecule has 4 nitrogen and oxygen atoms in total. The lowest BCUT2D eigenvalue weighted by atomic mass is 10.2. The number of alkyl halides is 2. The van der Waals surface area contributed by atoms with Crippen LogP contribution in [0, 0.1) is 0 Å². The zero-order valence-corrected chi connectivity index (χ0v) is 10.1. The van der Waals surface area contributed by atoms with Crippen LogP contribution in [0.25, 0.3) is 0 Å². The molecule has 3 N–H and O–H groups in total. The molecule has 0 saturated carbocycles. The predicted molar refractivity (Wildman–Crippen MR) is 66.2 cm³/mol. The average Bonchev–Trinajstić information content (AvgIpc) is 2.36. The maximum atomic E-state index is 12.1. The van der Waals surface area contributed by atoms with E-state index in [1.54, 1.807) is 7.05 Å². The molecular weight excluding hydrogens is 240 g/mol. The Morgan fingerprint density at radius 2 is 2.00 bits per heavy atom. The van der Waals surface area contributed by atoms with Crippen molar-refractivity contribution in [2.24, 2.45) is 5.73 Å². The van der Waals surface area contributed by atoms with E-state index in [0.717, 1.165) is 5.69 Å². The summed E-state index contributed by atoms with van der Waals surface area (Å²) in [5.74, 6) is -0.336. The number of hydrogen-bond donors (Lipinski definition) is 2. The van der Waals surface area contributed by atoms with Crippen molar-refractivity contribution in [3.8, 4) is 0 Å². The highest BCUT2D eigenvalue weighted by molar-refractivity contribution is 5.77. The molecule has 0 aliphatic carbocycles. The van der Waals surface area contributed by atoms with Gasteiger partial charge in [-0.15, -0.1) is 0 Å². The minimum atomic E-state index is -2.59. The SMILES string of the molecule is CN(NC(=O)CC[C@H](N)C(F)F)c1ccccc1. The first kappa shape index (κ1) is 14.4. The van der Waals surface area contributed by atoms with Gasteiger partial charge in [0.25, 0.3) is 6.43 Å². The first-order valence-corrected chi connectivity index (χ1v) is 5.62. The molecule has 6 heteroatoms. The highest BCUT2D eigenvalue weighted by atomic mass is 19.3. The highest BCUT2D eigenvalue weighted by Gasteiger charge is 2.16. The quantitative estimate of drug-likeness (QED) is 0.760. The molecule has 0 fully saturated rings. The number of para-hydroxylation sites is 1. The molecule has 0 aliphatic heterocycles. The largest absolute Gasteiger partial charge is 0.323 e. The van der Waals surface area contributed by atoms with Crippen LogP contribution in [0.15, 0.2) is 30.3 Å². The van der Waals surface area contributed by atoms with Crippen molar-refractivity contribution in [1.82, 2.24) is 5.43 Å². The molecule has 0 aliphatic rings. The molecule has 0 unspecified atom stereocenters. The summed E-state index contributed by atoms with van der Waals surface area (Å²) in [4.78, 5) is 11.5. The van der Waals surface area contributed by atoms with Crippen LogP contribution in [-0.4, -0.2) is 25.4 Å². The Morgan fingerprint density at radius 3 is 2.56 bits per heavy atom. The van der Waals surface area contributed by atoms with Gasteiger partial charge < -0.3 is 5.73 Å². The maximum Gasteiger partial charge on any atom is 0.253 e. The summed E-state index contributed by atoms with van der Waals surface area (Å²) in [5, 5.41) is 1.54. The van der Waals surface area contributed by atoms with E-state index >= 15 is 0 Å². The van der Waals surface area contributed by atoms with E-state index in [4.69, 9.17) is 5.73 Å². The lowest BCUT2D eigenvalue weighted by Gasteiger charge is -2.20. The van der Waals surface area contributed by atoms with Crippen LogP contribution in [0.1, 0.15) is 12.8 Å². The van der Waals surface area contributed by atoms with E-state index < -0.39 is 12.5 Å². The van der Waals surface area contributed by atoms with E-state index in [-0.39, 0.29) is 18.7 Å². The van der Waals surface area contributed by atoms with Crippen LogP contribution < -0.4 is 16.2 Å². The van der Waals surface area contributed by atoms with E-state index in [2.05, 4.69) is 5.43 Å². The Balaban J connectivity index is 2.37. The minimum absolute atomic E-state index is 0.0251. The van der Waals surface area contributed by atoms with Gasteiger partial charge in [-0.25, -0.2) is 8.78 Å². The molecule has 0 radical (unpaired) electrons. The zero-order chi connectivity index (χ0) is 13.5. The molecule has 100 valence electrons. The zero-order valence-electron chi connectivity index (χ0n) is 10.1. The number of nitrogens with zero attached hydrogens (tertiary/aromatic N) is 1. The van der Waals surface area contributed by atoms with Gasteiger partial charge in [0.15, 0.2) is 0 Å². The second kappa shape index (κ2) is 6.90. The van der Waals surface area contributed by atoms with Gasteiger partial charge in [0.05, 0.1) is 11.7 Å². The molecule has 0 aromatic heterocycles. The number of amides is 1. The van der Waals surface area contributed by atoms with Crippen LogP contribution in [0.2, 0.25) is 0 Å². The monoisotopic (exact) mass is 257 g/mol. The number of nitrogens with one attached hydrogen (secondary N) is 1. The minimum Gasteiger partial charge on any atom is -0.323 e. The van der Waals surface area contributed by atoms with E-state index in [0.29, 0.717) is 0 Å². The van der Waals surface area contributed by atoms with Crippen LogP contribution in [-0.2, 0) is 4.79 Å². The van der Waals surface area contributed by atoms with Gasteiger partial charge in [-0.3, -0.25) is 15.2 Å². The Hall–Kier alpha value is -1.69. The van der Waals surface area contributed by atoms with Gasteiger partial charge in [-0.05, 0) is 18.6 Å². The lowest BCUT2D eigenvalue weighted by molar-refractivity contribution is -0.121. The van der Waals surface area contributed by atoms with Gasteiger partial charge in [-0.2, -0.15) is 0 Å². The Bertz CT molecular complexity index is 373. The number of nitrogens with two attached hydrogens (primary N) is 1. The number of hydrogen-bond acceptors (Lipinski definition) is 3. The molecule has 0 spiro atoms. The Morgan fingerprint density at radius 1 is 1.39 bits per heavy atom. The molecule has 1 amide bonds. The van der Waals surface area contributed by atoms with Crippen molar-refractivity contribution in [2.75, 3.05) is 12.1 Å². The van der Waals surface area contributed by atoms with Crippen molar-refractivity contribution >= 4 is 11.6 Å². The summed E-state index contributed by atoms with van der Waals surface area (Å²) < 4.78 is 24.3. The summed E-state index contributed by atoms with van der Waals surface area (Å²) in [6.45, 7) is 0. The lowest BCUT2D eigenvalue weighted by Crippen LogP contribution is -2.40. The molecule has 1 rings (SSSR count). The fourth-order valence-electron chi connectivity index (χ4n) is 1.38. The van der Waals surface area contributed by atoms with E-state index in [1.807, 2.05) is 30.3 Å². The molecule has 0 saturated heterocycles. The molecular formula is C12H17F2N3O. The summed E-state index contributed by atoms with van der Waals surface area (Å²) in [7, 11) is 1.68. The first-order chi connectivity index (χ1) is 8.50. The first-order valence-electron chi connectivity index (χ1n) is 5.62. The summed E-state index contributed by atoms with van der Waals surface area (Å²) in [5.41, 5.74) is 8.56. The van der Waals surface area contributed by atoms with Crippen LogP contribution in [0.4, 0.5) is 14.5 Å². The van der Waals surface area contributed by atoms with Crippen molar-refractivity contribution in [3.63, 3.8) is 0 Å². The molecule has 18 heavy (non-hydrogen) atoms. The molecule has 0 bridgehead atoms. The van der Waals surface area contributed by atoms with Gasteiger partial charge in [0.1, 0.15) is 0 Å². The van der Waals surface area contributed by atoms with Crippen molar-refractivity contribution in [3.05, 3.63) is 30.3 Å². The summed E-state index contributed by atoms with van der Waals surface area (Å²) in [6.07, 6.45) is -2.65. The Kier molecular flexibility index (Phi) is 5.51. The number of hydrazine groups is 1. The van der Waals surface area contributed by atoms with Gasteiger partial charge in [0.2, 0.25) is 5.91 Å². The fraction of sp³-hybridized carbons (Fsp3) is 0.417. The molecule has 1 aromatic rings. The van der Waals surface area contributed by atoms with Crippen LogP contribution >= 0.6 is 0 Å². The number of anilines is 1. The second-order valence-corrected chi connectivity index (χ2v) is 3.97. The van der Waals surface area contributed by atoms with Crippen molar-refractivity contribution in [1.29, 1.82) is 0 Å². The topological polar surface area (TPSA) is 58.4 Å². The van der Waals surface area contributed by atoms with Crippen LogP contribution in [0.5, 0.6) is 0 Å². The van der Waals surface area contributed by atoms with E-state index in [1.165, 1.54) is 5.01 Å². The number of carbonyl (C=O) groups is 1. The predicted octanol–water partition coefficient (Wildman–Crippen LogP) is 1.53. The van der Waals surface area contributed by atoms with Crippen molar-refractivity contribution < 1.29 is 13.6 Å². The number of rotatable bonds is 6. The third kappa shape index (κ3) is 4.67. The van der Waals surface area contributed by atoms with Crippen LogP contribution in [0.3, 0.4) is 0 Å². The molecule has 0 heterocycles. The highest BCUT2D eigenvalue weighted by Crippen LogP contribution is 2.09. The average molecular weight is 257 g/mol. The number of halogens is 2. The third-order valence-electron chi connectivity index (χ3n) is 2.46. The molecule has 1 atom stereocenters. The van der Waals surface area contributed by atoms with Crippen molar-refractivity contribution in [2.45, 2.75) is 25.3 Å². The Labute approximate surface area is 105 Å². The van der Waals surface area contributed by atoms with E-state index in [9.17, 15) is 13.6 Å². The van der Waals surface area contributed by atoms with Gasteiger partial charge >= 0.3 is 0 Å². The standard InChI is InChI=1S/C12H17F2N3O/c1-17(9-5-3-2-4-6-9)16-11(18)8-7-10(15)12(13)14/h2-6,10,12H,7-8,15H2,1H3,(H,16,18)/t10-/m0/s1. The summed E-state index contributed by atoms with van der Waals surface area (Å²) >= 11 is 0. The maximum absolute atomic E-state index is 12.1.